The number of nitrogens with two attached hydrogens (primary N) is 1. The highest BCUT2D eigenvalue weighted by molar-refractivity contribution is 5.95. The number of piperidine rings is 1. The number of rotatable bonds is 4. The van der Waals surface area contributed by atoms with Gasteiger partial charge in [-0.25, -0.2) is 9.37 Å². The Morgan fingerprint density at radius 3 is 2.85 bits per heavy atom. The number of pyridine rings is 1. The predicted molar refractivity (Wildman–Crippen MR) is 127 cm³/mol. The van der Waals surface area contributed by atoms with Crippen LogP contribution in [0.5, 0.6) is 0 Å². The number of likely N-dealkylation sites (tertiary alicyclic amines) is 1. The average Bonchev–Trinajstić information content (AvgIpc) is 3.48. The monoisotopic (exact) mass is 445 g/mol. The van der Waals surface area contributed by atoms with Gasteiger partial charge in [0.25, 0.3) is 5.91 Å². The third kappa shape index (κ3) is 3.51. The van der Waals surface area contributed by atoms with Crippen molar-refractivity contribution < 1.29 is 9.18 Å². The molecular formula is C26H28FN5O. The largest absolute Gasteiger partial charge is 0.339 e. The van der Waals surface area contributed by atoms with Gasteiger partial charge in [-0.3, -0.25) is 4.79 Å². The highest BCUT2D eigenvalue weighted by Crippen LogP contribution is 2.37. The number of aromatic nitrogens is 3. The van der Waals surface area contributed by atoms with E-state index < -0.39 is 0 Å². The number of amides is 1. The summed E-state index contributed by atoms with van der Waals surface area (Å²) >= 11 is 0. The van der Waals surface area contributed by atoms with Crippen LogP contribution in [-0.4, -0.2) is 43.9 Å². The summed E-state index contributed by atoms with van der Waals surface area (Å²) in [6, 6.07) is 10.9. The molecule has 0 spiro atoms. The molecule has 1 atom stereocenters. The molecule has 1 aliphatic carbocycles. The molecule has 1 saturated heterocycles. The summed E-state index contributed by atoms with van der Waals surface area (Å²) in [4.78, 5) is 19.8. The van der Waals surface area contributed by atoms with Gasteiger partial charge in [0.15, 0.2) is 0 Å². The number of halogens is 1. The quantitative estimate of drug-likeness (QED) is 0.507. The number of hydrogen-bond donors (Lipinski definition) is 1. The van der Waals surface area contributed by atoms with Crippen molar-refractivity contribution in [2.45, 2.75) is 45.2 Å². The summed E-state index contributed by atoms with van der Waals surface area (Å²) in [7, 11) is 0. The summed E-state index contributed by atoms with van der Waals surface area (Å²) in [6.45, 7) is 4.23. The van der Waals surface area contributed by atoms with Gasteiger partial charge in [-0.1, -0.05) is 6.07 Å². The molecule has 6 rings (SSSR count). The van der Waals surface area contributed by atoms with Gasteiger partial charge in [0, 0.05) is 48.5 Å². The minimum atomic E-state index is -0.211. The fourth-order valence-corrected chi connectivity index (χ4v) is 5.12. The summed E-state index contributed by atoms with van der Waals surface area (Å²) in [6.07, 6.45) is 6.23. The lowest BCUT2D eigenvalue weighted by Crippen LogP contribution is -2.45. The molecular weight excluding hydrogens is 417 g/mol. The number of fused-ring (bicyclic) bond motifs is 2. The molecule has 1 saturated carbocycles. The molecule has 7 heteroatoms. The van der Waals surface area contributed by atoms with Gasteiger partial charge in [-0.05, 0) is 68.9 Å². The zero-order valence-electron chi connectivity index (χ0n) is 18.8. The number of hydrogen-bond acceptors (Lipinski definition) is 3. The van der Waals surface area contributed by atoms with Crippen LogP contribution in [0.3, 0.4) is 0 Å². The number of carbonyl (C=O) groups excluding carboxylic acids is 1. The van der Waals surface area contributed by atoms with E-state index in [2.05, 4.69) is 4.57 Å². The van der Waals surface area contributed by atoms with Crippen LogP contribution in [-0.2, 0) is 6.54 Å². The molecule has 0 bridgehead atoms. The molecule has 0 unspecified atom stereocenters. The summed E-state index contributed by atoms with van der Waals surface area (Å²) < 4.78 is 18.8. The Morgan fingerprint density at radius 1 is 1.21 bits per heavy atom. The van der Waals surface area contributed by atoms with Crippen LogP contribution in [0, 0.1) is 18.7 Å². The fraction of sp³-hybridized carbons (Fsp3) is 0.385. The van der Waals surface area contributed by atoms with E-state index in [1.54, 1.807) is 6.07 Å². The van der Waals surface area contributed by atoms with Crippen molar-refractivity contribution in [3.05, 3.63) is 59.7 Å². The standard InChI is InChI=1S/C26H28FN5O/c1-16-25(23-13-20-21(27)5-2-6-22(20)32(23)14-17-7-8-17)29-24-12-18(9-11-31(16)24)26(33)30-10-3-4-19(28)15-30/h2,5-6,9,11-13,17,19H,3-4,7-8,10,14-15,28H2,1H3/t19-/m1/s1. The van der Waals surface area contributed by atoms with Crippen LogP contribution in [0.2, 0.25) is 0 Å². The summed E-state index contributed by atoms with van der Waals surface area (Å²) in [5.41, 5.74) is 11.1. The predicted octanol–water partition coefficient (Wildman–Crippen LogP) is 4.38. The number of aryl methyl sites for hydroxylation is 1. The third-order valence-corrected chi connectivity index (χ3v) is 7.13. The Hall–Kier alpha value is -3.19. The third-order valence-electron chi connectivity index (χ3n) is 7.13. The van der Waals surface area contributed by atoms with E-state index in [4.69, 9.17) is 10.7 Å². The normalized spacial score (nSPS) is 19.0. The Labute approximate surface area is 191 Å². The number of imidazole rings is 1. The molecule has 2 aliphatic rings. The van der Waals surface area contributed by atoms with Crippen molar-refractivity contribution in [3.8, 4) is 11.4 Å². The van der Waals surface area contributed by atoms with E-state index in [0.29, 0.717) is 23.4 Å². The first-order valence-corrected chi connectivity index (χ1v) is 11.8. The van der Waals surface area contributed by atoms with E-state index in [-0.39, 0.29) is 17.8 Å². The molecule has 2 N–H and O–H groups in total. The molecule has 33 heavy (non-hydrogen) atoms. The van der Waals surface area contributed by atoms with Crippen molar-refractivity contribution in [2.24, 2.45) is 11.7 Å². The maximum atomic E-state index is 14.6. The highest BCUT2D eigenvalue weighted by atomic mass is 19.1. The minimum absolute atomic E-state index is 0.000212. The SMILES string of the molecule is Cc1c(-c2cc3c(F)cccc3n2CC2CC2)nc2cc(C(=O)N3CCC[C@@H](N)C3)ccn12. The van der Waals surface area contributed by atoms with Gasteiger partial charge in [0.2, 0.25) is 0 Å². The summed E-state index contributed by atoms with van der Waals surface area (Å²) in [5.74, 6) is 0.428. The van der Waals surface area contributed by atoms with E-state index in [1.165, 1.54) is 18.9 Å². The molecule has 0 radical (unpaired) electrons. The van der Waals surface area contributed by atoms with Crippen LogP contribution in [0.4, 0.5) is 4.39 Å². The minimum Gasteiger partial charge on any atom is -0.339 e. The zero-order valence-corrected chi connectivity index (χ0v) is 18.8. The van der Waals surface area contributed by atoms with Gasteiger partial charge in [0.1, 0.15) is 17.2 Å². The maximum Gasteiger partial charge on any atom is 0.254 e. The fourth-order valence-electron chi connectivity index (χ4n) is 5.12. The Kier molecular flexibility index (Phi) is 4.76. The molecule has 1 aliphatic heterocycles. The van der Waals surface area contributed by atoms with Crippen molar-refractivity contribution in [3.63, 3.8) is 0 Å². The van der Waals surface area contributed by atoms with Crippen LogP contribution >= 0.6 is 0 Å². The van der Waals surface area contributed by atoms with Crippen LogP contribution in [0.25, 0.3) is 27.9 Å². The van der Waals surface area contributed by atoms with E-state index in [0.717, 1.165) is 54.2 Å². The number of nitrogens with zero attached hydrogens (tertiary/aromatic N) is 4. The Balaban J connectivity index is 1.43. The van der Waals surface area contributed by atoms with Gasteiger partial charge in [0.05, 0.1) is 11.2 Å². The smallest absolute Gasteiger partial charge is 0.254 e. The topological polar surface area (TPSA) is 68.6 Å². The Bertz CT molecular complexity index is 1380. The maximum absolute atomic E-state index is 14.6. The lowest BCUT2D eigenvalue weighted by Gasteiger charge is -2.30. The van der Waals surface area contributed by atoms with Gasteiger partial charge < -0.3 is 19.6 Å². The summed E-state index contributed by atoms with van der Waals surface area (Å²) in [5, 5.41) is 0.627. The van der Waals surface area contributed by atoms with Gasteiger partial charge >= 0.3 is 0 Å². The molecule has 3 aromatic heterocycles. The van der Waals surface area contributed by atoms with Crippen LogP contribution < -0.4 is 5.73 Å². The number of carbonyl (C=O) groups is 1. The molecule has 2 fully saturated rings. The zero-order chi connectivity index (χ0) is 22.7. The molecule has 4 aromatic rings. The van der Waals surface area contributed by atoms with Crippen molar-refractivity contribution in [2.75, 3.05) is 13.1 Å². The second-order valence-corrected chi connectivity index (χ2v) is 9.60. The second kappa shape index (κ2) is 7.70. The van der Waals surface area contributed by atoms with Gasteiger partial charge in [-0.2, -0.15) is 0 Å². The highest BCUT2D eigenvalue weighted by Gasteiger charge is 2.27. The molecule has 170 valence electrons. The first kappa shape index (κ1) is 20.4. The average molecular weight is 446 g/mol. The van der Waals surface area contributed by atoms with E-state index >= 15 is 0 Å². The lowest BCUT2D eigenvalue weighted by atomic mass is 10.1. The lowest BCUT2D eigenvalue weighted by molar-refractivity contribution is 0.0709. The van der Waals surface area contributed by atoms with Gasteiger partial charge in [-0.15, -0.1) is 0 Å². The second-order valence-electron chi connectivity index (χ2n) is 9.60. The molecule has 4 heterocycles. The van der Waals surface area contributed by atoms with Crippen molar-refractivity contribution in [1.29, 1.82) is 0 Å². The van der Waals surface area contributed by atoms with E-state index in [1.807, 2.05) is 46.7 Å². The molecule has 1 aromatic carbocycles. The van der Waals surface area contributed by atoms with Crippen LogP contribution in [0.15, 0.2) is 42.6 Å². The van der Waals surface area contributed by atoms with Crippen LogP contribution in [0.1, 0.15) is 41.7 Å². The molecule has 1 amide bonds. The molecule has 6 nitrogen and oxygen atoms in total. The number of benzene rings is 1. The van der Waals surface area contributed by atoms with Crippen molar-refractivity contribution >= 4 is 22.5 Å². The first-order chi connectivity index (χ1) is 16.0. The Morgan fingerprint density at radius 2 is 2.06 bits per heavy atom. The first-order valence-electron chi connectivity index (χ1n) is 11.8. The van der Waals surface area contributed by atoms with E-state index in [9.17, 15) is 9.18 Å². The van der Waals surface area contributed by atoms with Crippen molar-refractivity contribution in [1.82, 2.24) is 18.9 Å².